The van der Waals surface area contributed by atoms with E-state index in [0.29, 0.717) is 11.1 Å². The maximum absolute atomic E-state index is 11.3. The van der Waals surface area contributed by atoms with E-state index in [4.69, 9.17) is 0 Å². The van der Waals surface area contributed by atoms with Gasteiger partial charge in [0.05, 0.1) is 19.3 Å². The highest BCUT2D eigenvalue weighted by atomic mass is 16.5. The Bertz CT molecular complexity index is 396. The molecule has 0 saturated heterocycles. The summed E-state index contributed by atoms with van der Waals surface area (Å²) in [4.78, 5) is 22.4. The number of ether oxygens (including phenoxy) is 2. The summed E-state index contributed by atoms with van der Waals surface area (Å²) >= 11 is 0. The first-order valence-corrected chi connectivity index (χ1v) is 5.13. The molecule has 0 fully saturated rings. The van der Waals surface area contributed by atoms with Gasteiger partial charge in [-0.3, -0.25) is 0 Å². The van der Waals surface area contributed by atoms with Gasteiger partial charge in [-0.05, 0) is 24.6 Å². The molecule has 5 heteroatoms. The molecule has 0 aromatic heterocycles. The first-order chi connectivity index (χ1) is 8.10. The largest absolute Gasteiger partial charge is 0.465 e. The maximum atomic E-state index is 11.3. The van der Waals surface area contributed by atoms with Crippen LogP contribution < -0.4 is 0 Å². The Balaban J connectivity index is 2.80. The van der Waals surface area contributed by atoms with Crippen molar-refractivity contribution < 1.29 is 24.2 Å². The number of aliphatic hydroxyl groups is 1. The van der Waals surface area contributed by atoms with E-state index < -0.39 is 18.0 Å². The van der Waals surface area contributed by atoms with Crippen molar-refractivity contribution in [1.82, 2.24) is 0 Å². The van der Waals surface area contributed by atoms with Crippen LogP contribution in [0.2, 0.25) is 0 Å². The zero-order valence-electron chi connectivity index (χ0n) is 9.67. The lowest BCUT2D eigenvalue weighted by atomic mass is 10.1. The Kier molecular flexibility index (Phi) is 4.66. The minimum Gasteiger partial charge on any atom is -0.465 e. The van der Waals surface area contributed by atoms with E-state index >= 15 is 0 Å². The van der Waals surface area contributed by atoms with Crippen LogP contribution in [0.3, 0.4) is 0 Å². The van der Waals surface area contributed by atoms with E-state index in [1.807, 2.05) is 0 Å². The predicted octanol–water partition coefficient (Wildman–Crippen LogP) is 1.07. The van der Waals surface area contributed by atoms with E-state index in [0.717, 1.165) is 0 Å². The summed E-state index contributed by atoms with van der Waals surface area (Å²) in [5, 5.41) is 9.62. The minimum atomic E-state index is -1.33. The van der Waals surface area contributed by atoms with Crippen LogP contribution in [0.5, 0.6) is 0 Å². The number of carbonyl (C=O) groups is 2. The maximum Gasteiger partial charge on any atom is 0.339 e. The lowest BCUT2D eigenvalue weighted by Crippen LogP contribution is -2.15. The van der Waals surface area contributed by atoms with Gasteiger partial charge in [0.15, 0.2) is 6.10 Å². The molecule has 0 aliphatic heterocycles. The number of hydrogen-bond acceptors (Lipinski definition) is 5. The van der Waals surface area contributed by atoms with E-state index in [1.165, 1.54) is 31.4 Å². The molecule has 1 N–H and O–H groups in total. The lowest BCUT2D eigenvalue weighted by molar-refractivity contribution is -0.153. The minimum absolute atomic E-state index is 0.205. The zero-order chi connectivity index (χ0) is 12.8. The second-order valence-corrected chi connectivity index (χ2v) is 3.27. The van der Waals surface area contributed by atoms with Gasteiger partial charge in [-0.2, -0.15) is 0 Å². The van der Waals surface area contributed by atoms with Gasteiger partial charge < -0.3 is 14.6 Å². The summed E-state index contributed by atoms with van der Waals surface area (Å²) < 4.78 is 9.21. The van der Waals surface area contributed by atoms with Crippen molar-refractivity contribution in [3.05, 3.63) is 35.4 Å². The van der Waals surface area contributed by atoms with Gasteiger partial charge in [-0.15, -0.1) is 0 Å². The number of benzene rings is 1. The first-order valence-electron chi connectivity index (χ1n) is 5.13. The van der Waals surface area contributed by atoms with Gasteiger partial charge in [-0.1, -0.05) is 12.1 Å². The fourth-order valence-corrected chi connectivity index (χ4v) is 1.28. The summed E-state index contributed by atoms with van der Waals surface area (Å²) in [5.74, 6) is -1.18. The summed E-state index contributed by atoms with van der Waals surface area (Å²) in [5.41, 5.74) is 0.725. The van der Waals surface area contributed by atoms with Crippen molar-refractivity contribution in [2.75, 3.05) is 13.7 Å². The predicted molar refractivity (Wildman–Crippen MR) is 59.4 cm³/mol. The Morgan fingerprint density at radius 2 is 1.88 bits per heavy atom. The van der Waals surface area contributed by atoms with Gasteiger partial charge in [0.1, 0.15) is 0 Å². The highest BCUT2D eigenvalue weighted by Gasteiger charge is 2.18. The van der Waals surface area contributed by atoms with E-state index in [1.54, 1.807) is 6.92 Å². The van der Waals surface area contributed by atoms with Crippen LogP contribution in [0.4, 0.5) is 0 Å². The van der Waals surface area contributed by atoms with Crippen LogP contribution in [-0.4, -0.2) is 30.8 Å². The van der Waals surface area contributed by atoms with Crippen molar-refractivity contribution >= 4 is 11.9 Å². The Hall–Kier alpha value is -1.88. The molecule has 1 aromatic rings. The normalized spacial score (nSPS) is 11.7. The summed E-state index contributed by atoms with van der Waals surface area (Å²) in [6.07, 6.45) is -1.33. The second-order valence-electron chi connectivity index (χ2n) is 3.27. The monoisotopic (exact) mass is 238 g/mol. The fraction of sp³-hybridized carbons (Fsp3) is 0.333. The summed E-state index contributed by atoms with van der Waals surface area (Å²) in [6.45, 7) is 1.86. The van der Waals surface area contributed by atoms with Gasteiger partial charge in [0.2, 0.25) is 0 Å². The molecule has 5 nitrogen and oxygen atoms in total. The molecular formula is C12H14O5. The average Bonchev–Trinajstić information content (AvgIpc) is 2.37. The van der Waals surface area contributed by atoms with Gasteiger partial charge >= 0.3 is 11.9 Å². The van der Waals surface area contributed by atoms with Gasteiger partial charge in [-0.25, -0.2) is 9.59 Å². The molecular weight excluding hydrogens is 224 g/mol. The topological polar surface area (TPSA) is 72.8 Å². The summed E-state index contributed by atoms with van der Waals surface area (Å²) in [6, 6.07) is 5.91. The van der Waals surface area contributed by atoms with E-state index in [-0.39, 0.29) is 6.61 Å². The molecule has 0 aliphatic rings. The van der Waals surface area contributed by atoms with E-state index in [9.17, 15) is 14.7 Å². The molecule has 0 spiro atoms. The average molecular weight is 238 g/mol. The standard InChI is InChI=1S/C12H14O5/c1-3-17-12(15)10(13)8-4-6-9(7-5-8)11(14)16-2/h4-7,10,13H,3H2,1-2H3. The Morgan fingerprint density at radius 3 is 2.35 bits per heavy atom. The number of esters is 2. The highest BCUT2D eigenvalue weighted by Crippen LogP contribution is 2.15. The summed E-state index contributed by atoms with van der Waals surface area (Å²) in [7, 11) is 1.28. The molecule has 1 atom stereocenters. The molecule has 0 aliphatic carbocycles. The zero-order valence-corrected chi connectivity index (χ0v) is 9.67. The van der Waals surface area contributed by atoms with Crippen molar-refractivity contribution in [2.24, 2.45) is 0 Å². The van der Waals surface area contributed by atoms with Crippen molar-refractivity contribution in [2.45, 2.75) is 13.0 Å². The van der Waals surface area contributed by atoms with Crippen LogP contribution in [-0.2, 0) is 14.3 Å². The lowest BCUT2D eigenvalue weighted by Gasteiger charge is -2.10. The van der Waals surface area contributed by atoms with Crippen molar-refractivity contribution in [3.63, 3.8) is 0 Å². The fourth-order valence-electron chi connectivity index (χ4n) is 1.28. The molecule has 0 saturated carbocycles. The van der Waals surface area contributed by atoms with Crippen molar-refractivity contribution in [3.8, 4) is 0 Å². The molecule has 1 unspecified atom stereocenters. The molecule has 1 rings (SSSR count). The third-order valence-electron chi connectivity index (χ3n) is 2.16. The molecule has 0 amide bonds. The Labute approximate surface area is 99.0 Å². The molecule has 17 heavy (non-hydrogen) atoms. The van der Waals surface area contributed by atoms with Crippen molar-refractivity contribution in [1.29, 1.82) is 0 Å². The smallest absolute Gasteiger partial charge is 0.339 e. The van der Waals surface area contributed by atoms with Crippen LogP contribution >= 0.6 is 0 Å². The van der Waals surface area contributed by atoms with Gasteiger partial charge in [0.25, 0.3) is 0 Å². The quantitative estimate of drug-likeness (QED) is 0.794. The number of aliphatic hydroxyl groups excluding tert-OH is 1. The third kappa shape index (κ3) is 3.29. The molecule has 0 radical (unpaired) electrons. The number of hydrogen-bond donors (Lipinski definition) is 1. The second kappa shape index (κ2) is 6.00. The molecule has 1 aromatic carbocycles. The third-order valence-corrected chi connectivity index (χ3v) is 2.16. The van der Waals surface area contributed by atoms with Gasteiger partial charge in [0, 0.05) is 0 Å². The number of carbonyl (C=O) groups excluding carboxylic acids is 2. The van der Waals surface area contributed by atoms with Crippen LogP contribution in [0, 0.1) is 0 Å². The van der Waals surface area contributed by atoms with Crippen LogP contribution in [0.25, 0.3) is 0 Å². The first kappa shape index (κ1) is 13.2. The van der Waals surface area contributed by atoms with Crippen LogP contribution in [0.1, 0.15) is 28.9 Å². The highest BCUT2D eigenvalue weighted by molar-refractivity contribution is 5.89. The molecule has 0 bridgehead atoms. The van der Waals surface area contributed by atoms with E-state index in [2.05, 4.69) is 9.47 Å². The molecule has 92 valence electrons. The molecule has 0 heterocycles. The number of methoxy groups -OCH3 is 1. The van der Waals surface area contributed by atoms with Crippen LogP contribution in [0.15, 0.2) is 24.3 Å². The number of rotatable bonds is 4. The Morgan fingerprint density at radius 1 is 1.29 bits per heavy atom. The SMILES string of the molecule is CCOC(=O)C(O)c1ccc(C(=O)OC)cc1.